The first-order chi connectivity index (χ1) is 12.5. The summed E-state index contributed by atoms with van der Waals surface area (Å²) in [5.74, 6) is 1.44. The number of aliphatic imine (C=N–C) groups is 1. The highest BCUT2D eigenvalue weighted by Gasteiger charge is 2.26. The molecule has 3 atom stereocenters. The summed E-state index contributed by atoms with van der Waals surface area (Å²) < 4.78 is 41.6. The van der Waals surface area contributed by atoms with E-state index in [-0.39, 0.29) is 41.0 Å². The van der Waals surface area contributed by atoms with Gasteiger partial charge in [-0.3, -0.25) is 9.20 Å². The van der Waals surface area contributed by atoms with Crippen LogP contribution in [-0.2, 0) is 17.3 Å². The molecular formula is C18H28F2IN3O2S. The van der Waals surface area contributed by atoms with Crippen molar-refractivity contribution in [1.82, 2.24) is 10.6 Å². The van der Waals surface area contributed by atoms with Gasteiger partial charge >= 0.3 is 6.61 Å². The number of nitrogens with zero attached hydrogens (tertiary/aromatic N) is 1. The second-order valence-corrected chi connectivity index (χ2v) is 8.22. The SMILES string of the molecule is CCS(=O)C1CCCC(NC(=NC)NCc2ccccc2OC(F)F)C1.I. The number of hydrogen-bond donors (Lipinski definition) is 2. The number of alkyl halides is 2. The third kappa shape index (κ3) is 7.89. The summed E-state index contributed by atoms with van der Waals surface area (Å²) in [5, 5.41) is 6.73. The van der Waals surface area contributed by atoms with Crippen LogP contribution in [0.5, 0.6) is 5.75 Å². The van der Waals surface area contributed by atoms with Gasteiger partial charge in [0.25, 0.3) is 0 Å². The number of benzene rings is 1. The number of hydrogen-bond acceptors (Lipinski definition) is 3. The smallest absolute Gasteiger partial charge is 0.387 e. The lowest BCUT2D eigenvalue weighted by atomic mass is 9.95. The summed E-state index contributed by atoms with van der Waals surface area (Å²) in [4.78, 5) is 4.21. The van der Waals surface area contributed by atoms with E-state index >= 15 is 0 Å². The lowest BCUT2D eigenvalue weighted by molar-refractivity contribution is -0.0504. The quantitative estimate of drug-likeness (QED) is 0.331. The summed E-state index contributed by atoms with van der Waals surface area (Å²) >= 11 is 0. The minimum absolute atomic E-state index is 0. The number of guanidine groups is 1. The third-order valence-electron chi connectivity index (χ3n) is 4.48. The van der Waals surface area contributed by atoms with Gasteiger partial charge in [-0.25, -0.2) is 0 Å². The Morgan fingerprint density at radius 3 is 2.78 bits per heavy atom. The van der Waals surface area contributed by atoms with E-state index in [0.717, 1.165) is 25.7 Å². The second-order valence-electron chi connectivity index (χ2n) is 6.21. The van der Waals surface area contributed by atoms with Crippen molar-refractivity contribution < 1.29 is 17.7 Å². The van der Waals surface area contributed by atoms with Gasteiger partial charge in [0.05, 0.1) is 0 Å². The molecule has 1 saturated carbocycles. The van der Waals surface area contributed by atoms with Gasteiger partial charge < -0.3 is 15.4 Å². The maximum Gasteiger partial charge on any atom is 0.387 e. The molecule has 1 aliphatic carbocycles. The average molecular weight is 515 g/mol. The van der Waals surface area contributed by atoms with Crippen LogP contribution in [0.3, 0.4) is 0 Å². The van der Waals surface area contributed by atoms with Crippen LogP contribution in [0.4, 0.5) is 8.78 Å². The van der Waals surface area contributed by atoms with Gasteiger partial charge in [-0.2, -0.15) is 8.78 Å². The highest BCUT2D eigenvalue weighted by molar-refractivity contribution is 14.0. The first-order valence-corrected chi connectivity index (χ1v) is 10.3. The lowest BCUT2D eigenvalue weighted by Crippen LogP contribution is -2.46. The van der Waals surface area contributed by atoms with Crippen molar-refractivity contribution in [1.29, 1.82) is 0 Å². The van der Waals surface area contributed by atoms with E-state index in [1.165, 1.54) is 6.07 Å². The van der Waals surface area contributed by atoms with Crippen molar-refractivity contribution in [2.24, 2.45) is 4.99 Å². The Balaban J connectivity index is 0.00000364. The van der Waals surface area contributed by atoms with Crippen molar-refractivity contribution in [3.63, 3.8) is 0 Å². The standard InChI is InChI=1S/C18H27F2N3O2S.HI/c1-3-26(24)15-9-6-8-14(11-15)23-18(21-2)22-12-13-7-4-5-10-16(13)25-17(19)20;/h4-5,7,10,14-15,17H,3,6,8-9,11-12H2,1-2H3,(H2,21,22,23);1H. The van der Waals surface area contributed by atoms with Crippen LogP contribution in [0, 0.1) is 0 Å². The molecule has 1 fully saturated rings. The Morgan fingerprint density at radius 1 is 1.37 bits per heavy atom. The third-order valence-corrected chi connectivity index (χ3v) is 6.22. The Hall–Kier alpha value is -0.970. The number of ether oxygens (including phenoxy) is 1. The number of nitrogens with one attached hydrogen (secondary N) is 2. The molecule has 2 N–H and O–H groups in total. The maximum absolute atomic E-state index is 12.5. The summed E-state index contributed by atoms with van der Waals surface area (Å²) in [6.07, 6.45) is 3.90. The number of para-hydroxylation sites is 1. The molecule has 0 saturated heterocycles. The molecule has 154 valence electrons. The Bertz CT molecular complexity index is 634. The molecule has 1 aliphatic rings. The van der Waals surface area contributed by atoms with Crippen molar-refractivity contribution >= 4 is 40.7 Å². The normalized spacial score (nSPS) is 21.3. The molecule has 0 radical (unpaired) electrons. The van der Waals surface area contributed by atoms with Crippen molar-refractivity contribution in [2.75, 3.05) is 12.8 Å². The highest BCUT2D eigenvalue weighted by Crippen LogP contribution is 2.23. The predicted molar refractivity (Wildman–Crippen MR) is 117 cm³/mol. The summed E-state index contributed by atoms with van der Waals surface area (Å²) in [6.45, 7) is -0.584. The van der Waals surface area contributed by atoms with E-state index in [1.807, 2.05) is 6.92 Å². The first kappa shape index (κ1) is 24.1. The van der Waals surface area contributed by atoms with Crippen LogP contribution in [0.25, 0.3) is 0 Å². The zero-order valence-electron chi connectivity index (χ0n) is 15.6. The molecule has 1 aromatic carbocycles. The van der Waals surface area contributed by atoms with Crippen molar-refractivity contribution in [3.8, 4) is 5.75 Å². The molecule has 2 rings (SSSR count). The zero-order chi connectivity index (χ0) is 18.9. The Labute approximate surface area is 179 Å². The largest absolute Gasteiger partial charge is 0.434 e. The topological polar surface area (TPSA) is 62.7 Å². The summed E-state index contributed by atoms with van der Waals surface area (Å²) in [7, 11) is 0.887. The molecule has 5 nitrogen and oxygen atoms in total. The van der Waals surface area contributed by atoms with Gasteiger partial charge in [-0.15, -0.1) is 24.0 Å². The van der Waals surface area contributed by atoms with Crippen LogP contribution < -0.4 is 15.4 Å². The molecule has 0 aliphatic heterocycles. The van der Waals surface area contributed by atoms with Gasteiger partial charge in [-0.1, -0.05) is 31.5 Å². The molecule has 0 amide bonds. The highest BCUT2D eigenvalue weighted by atomic mass is 127. The van der Waals surface area contributed by atoms with Crippen molar-refractivity contribution in [3.05, 3.63) is 29.8 Å². The van der Waals surface area contributed by atoms with Crippen LogP contribution >= 0.6 is 24.0 Å². The fourth-order valence-corrected chi connectivity index (χ4v) is 4.53. The molecule has 0 bridgehead atoms. The molecule has 0 heterocycles. The van der Waals surface area contributed by atoms with Gasteiger partial charge in [0, 0.05) is 47.0 Å². The van der Waals surface area contributed by atoms with E-state index < -0.39 is 17.4 Å². The van der Waals surface area contributed by atoms with Gasteiger partial charge in [-0.05, 0) is 25.3 Å². The van der Waals surface area contributed by atoms with Gasteiger partial charge in [0.15, 0.2) is 5.96 Å². The maximum atomic E-state index is 12.5. The molecule has 0 aromatic heterocycles. The van der Waals surface area contributed by atoms with Crippen molar-refractivity contribution in [2.45, 2.75) is 57.1 Å². The first-order valence-electron chi connectivity index (χ1n) is 8.90. The predicted octanol–water partition coefficient (Wildman–Crippen LogP) is 3.65. The second kappa shape index (κ2) is 12.5. The molecule has 27 heavy (non-hydrogen) atoms. The number of halogens is 3. The van der Waals surface area contributed by atoms with E-state index in [4.69, 9.17) is 0 Å². The monoisotopic (exact) mass is 515 g/mol. The van der Waals surface area contributed by atoms with Crippen LogP contribution in [-0.4, -0.2) is 40.9 Å². The Kier molecular flexibility index (Phi) is 11.1. The van der Waals surface area contributed by atoms with E-state index in [9.17, 15) is 13.0 Å². The zero-order valence-corrected chi connectivity index (χ0v) is 18.8. The average Bonchev–Trinajstić information content (AvgIpc) is 2.65. The van der Waals surface area contributed by atoms with E-state index in [2.05, 4.69) is 20.4 Å². The molecule has 9 heteroatoms. The minimum atomic E-state index is -2.85. The summed E-state index contributed by atoms with van der Waals surface area (Å²) in [5.41, 5.74) is 0.629. The van der Waals surface area contributed by atoms with Crippen LogP contribution in [0.15, 0.2) is 29.3 Å². The molecule has 1 aromatic rings. The summed E-state index contributed by atoms with van der Waals surface area (Å²) in [6, 6.07) is 6.90. The van der Waals surface area contributed by atoms with Gasteiger partial charge in [0.2, 0.25) is 0 Å². The van der Waals surface area contributed by atoms with E-state index in [1.54, 1.807) is 25.2 Å². The van der Waals surface area contributed by atoms with Crippen LogP contribution in [0.2, 0.25) is 0 Å². The van der Waals surface area contributed by atoms with E-state index in [0.29, 0.717) is 23.8 Å². The van der Waals surface area contributed by atoms with Gasteiger partial charge in [0.1, 0.15) is 5.75 Å². The van der Waals surface area contributed by atoms with Crippen LogP contribution in [0.1, 0.15) is 38.2 Å². The molecule has 0 spiro atoms. The fraction of sp³-hybridized carbons (Fsp3) is 0.611. The number of rotatable bonds is 7. The molecule has 3 unspecified atom stereocenters. The Morgan fingerprint density at radius 2 is 2.11 bits per heavy atom. The fourth-order valence-electron chi connectivity index (χ4n) is 3.18. The lowest BCUT2D eigenvalue weighted by Gasteiger charge is -2.30. The molecular weight excluding hydrogens is 487 g/mol. The minimum Gasteiger partial charge on any atom is -0.434 e.